The van der Waals surface area contributed by atoms with Crippen LogP contribution < -0.4 is 0 Å². The predicted octanol–water partition coefficient (Wildman–Crippen LogP) is 3.13. The third-order valence-corrected chi connectivity index (χ3v) is 8.77. The van der Waals surface area contributed by atoms with Crippen LogP contribution in [0.5, 0.6) is 0 Å². The van der Waals surface area contributed by atoms with Crippen LogP contribution in [0.2, 0.25) is 0 Å². The lowest BCUT2D eigenvalue weighted by atomic mass is 9.99. The number of rotatable bonds is 14. The average molecular weight is 695 g/mol. The van der Waals surface area contributed by atoms with Crippen LogP contribution in [0.1, 0.15) is 22.3 Å². The topological polar surface area (TPSA) is 167 Å². The van der Waals surface area contributed by atoms with Gasteiger partial charge in [-0.1, -0.05) is 84.9 Å². The van der Waals surface area contributed by atoms with E-state index in [9.17, 15) is 19.8 Å². The normalized spacial score (nSPS) is 31.6. The number of carbonyl (C=O) groups is 2. The summed E-state index contributed by atoms with van der Waals surface area (Å²) >= 11 is 0. The van der Waals surface area contributed by atoms with Crippen molar-refractivity contribution in [2.45, 2.75) is 87.8 Å². The third-order valence-electron chi connectivity index (χ3n) is 8.77. The summed E-state index contributed by atoms with van der Waals surface area (Å²) in [6.07, 6.45) is -11.8. The molecule has 0 spiro atoms. The maximum atomic E-state index is 11.9. The molecular formula is C36H38O14. The number of aliphatic hydroxyl groups excluding tert-OH is 2. The second kappa shape index (κ2) is 15.8. The number of hydrogen-bond acceptors (Lipinski definition) is 14. The first kappa shape index (κ1) is 34.3. The van der Waals surface area contributed by atoms with Gasteiger partial charge in [-0.15, -0.1) is 0 Å². The van der Waals surface area contributed by atoms with Crippen LogP contribution in [0, 0.1) is 0 Å². The van der Waals surface area contributed by atoms with Gasteiger partial charge in [-0.25, -0.2) is 9.59 Å². The Kier molecular flexibility index (Phi) is 10.9. The summed E-state index contributed by atoms with van der Waals surface area (Å²) in [5.74, 6) is 0. The van der Waals surface area contributed by atoms with E-state index in [1.165, 1.54) is 0 Å². The summed E-state index contributed by atoms with van der Waals surface area (Å²) in [7, 11) is 0. The fourth-order valence-electron chi connectivity index (χ4n) is 6.29. The smallest absolute Gasteiger partial charge is 0.424 e. The van der Waals surface area contributed by atoms with Crippen LogP contribution in [0.3, 0.4) is 0 Å². The summed E-state index contributed by atoms with van der Waals surface area (Å²) in [5.41, 5.74) is 3.40. The molecule has 4 saturated heterocycles. The average Bonchev–Trinajstić information content (AvgIpc) is 3.73. The van der Waals surface area contributed by atoms with Crippen LogP contribution >= 0.6 is 0 Å². The van der Waals surface area contributed by atoms with E-state index in [1.54, 1.807) is 6.07 Å². The zero-order valence-electron chi connectivity index (χ0n) is 26.9. The molecule has 0 aliphatic carbocycles. The Balaban J connectivity index is 0.932. The van der Waals surface area contributed by atoms with E-state index in [2.05, 4.69) is 0 Å². The molecule has 4 aliphatic heterocycles. The molecule has 4 aliphatic rings. The Hall–Kier alpha value is -4.12. The first-order valence-electron chi connectivity index (χ1n) is 16.4. The molecule has 3 aromatic rings. The lowest BCUT2D eigenvalue weighted by molar-refractivity contribution is -0.288. The second-order valence-corrected chi connectivity index (χ2v) is 12.3. The van der Waals surface area contributed by atoms with E-state index in [0.717, 1.165) is 22.3 Å². The minimum atomic E-state index is -1.30. The van der Waals surface area contributed by atoms with Crippen molar-refractivity contribution >= 4 is 12.3 Å². The van der Waals surface area contributed by atoms with E-state index in [-0.39, 0.29) is 26.4 Å². The Morgan fingerprint density at radius 2 is 0.900 bits per heavy atom. The molecule has 14 heteroatoms. The van der Waals surface area contributed by atoms with Crippen LogP contribution in [-0.4, -0.2) is 97.1 Å². The van der Waals surface area contributed by atoms with Crippen molar-refractivity contribution in [3.63, 3.8) is 0 Å². The van der Waals surface area contributed by atoms with Gasteiger partial charge in [0.05, 0.1) is 39.6 Å². The molecule has 0 aromatic heterocycles. The predicted molar refractivity (Wildman–Crippen MR) is 168 cm³/mol. The minimum absolute atomic E-state index is 0.0414. The van der Waals surface area contributed by atoms with Gasteiger partial charge in [-0.2, -0.15) is 0 Å². The Morgan fingerprint density at radius 3 is 1.34 bits per heavy atom. The van der Waals surface area contributed by atoms with Crippen LogP contribution in [0.15, 0.2) is 84.9 Å². The molecule has 4 fully saturated rings. The minimum Gasteiger partial charge on any atom is -0.424 e. The van der Waals surface area contributed by atoms with Crippen molar-refractivity contribution in [1.82, 2.24) is 0 Å². The van der Waals surface area contributed by atoms with Gasteiger partial charge in [-0.3, -0.25) is 0 Å². The number of ether oxygens (including phenoxy) is 10. The molecule has 50 heavy (non-hydrogen) atoms. The first-order valence-corrected chi connectivity index (χ1v) is 16.4. The van der Waals surface area contributed by atoms with Gasteiger partial charge in [0.1, 0.15) is 24.4 Å². The molecule has 0 saturated carbocycles. The first-order chi connectivity index (χ1) is 24.4. The molecule has 0 radical (unpaired) electrons. The summed E-state index contributed by atoms with van der Waals surface area (Å²) in [6, 6.07) is 26.5. The standard InChI is InChI=1S/C36H38O14/c37-27-31-29(47-35(39)49-31)25(19-41-15-21-8-3-1-4-9-21)45-33(27)43-17-23-12-7-13-24(14-23)18-44-34-28(38)32-30(48-36(40)50-32)26(46-34)20-42-16-22-10-5-2-6-11-22/h1-14,25-34,37-38H,15-20H2/t25-,26-,27-,28-,29+,30+,31-,32-,33-,34-/m1/s1. The Bertz CT molecular complexity index is 1460. The number of aliphatic hydroxyl groups is 2. The Morgan fingerprint density at radius 1 is 0.500 bits per heavy atom. The maximum absolute atomic E-state index is 11.9. The second-order valence-electron chi connectivity index (χ2n) is 12.3. The maximum Gasteiger partial charge on any atom is 0.509 e. The van der Waals surface area contributed by atoms with Crippen LogP contribution in [0.25, 0.3) is 0 Å². The molecule has 3 aromatic carbocycles. The SMILES string of the molecule is O=C1O[C@@H]2[C@@H](O)[C@H](OCc3cccc(CO[C@@H]4O[C@H](COCc5ccccc5)[C@@H]5OC(=O)O[C@@H]5[C@H]4O)c3)O[C@H](COCc3ccccc3)[C@@H]2O1. The van der Waals surface area contributed by atoms with E-state index in [0.29, 0.717) is 13.2 Å². The fourth-order valence-corrected chi connectivity index (χ4v) is 6.29. The number of fused-ring (bicyclic) bond motifs is 2. The third kappa shape index (κ3) is 8.09. The van der Waals surface area contributed by atoms with Crippen molar-refractivity contribution in [3.05, 3.63) is 107 Å². The molecule has 266 valence electrons. The zero-order chi connectivity index (χ0) is 34.5. The number of benzene rings is 3. The van der Waals surface area contributed by atoms with Gasteiger partial charge in [-0.05, 0) is 22.3 Å². The van der Waals surface area contributed by atoms with Crippen molar-refractivity contribution in [2.24, 2.45) is 0 Å². The summed E-state index contributed by atoms with van der Waals surface area (Å²) < 4.78 is 56.7. The summed E-state index contributed by atoms with van der Waals surface area (Å²) in [6.45, 7) is 0.880. The highest BCUT2D eigenvalue weighted by Gasteiger charge is 2.55. The van der Waals surface area contributed by atoms with Crippen LogP contribution in [0.4, 0.5) is 9.59 Å². The molecule has 4 heterocycles. The van der Waals surface area contributed by atoms with E-state index >= 15 is 0 Å². The van der Waals surface area contributed by atoms with Gasteiger partial charge in [0, 0.05) is 0 Å². The lowest BCUT2D eigenvalue weighted by Gasteiger charge is -2.38. The summed E-state index contributed by atoms with van der Waals surface area (Å²) in [4.78, 5) is 23.9. The molecule has 14 nitrogen and oxygen atoms in total. The van der Waals surface area contributed by atoms with E-state index in [1.807, 2.05) is 78.9 Å². The monoisotopic (exact) mass is 694 g/mol. The van der Waals surface area contributed by atoms with E-state index in [4.69, 9.17) is 47.4 Å². The Labute approximate surface area is 287 Å². The van der Waals surface area contributed by atoms with E-state index < -0.39 is 73.7 Å². The highest BCUT2D eigenvalue weighted by atomic mass is 16.8. The van der Waals surface area contributed by atoms with Gasteiger partial charge < -0.3 is 57.6 Å². The lowest BCUT2D eigenvalue weighted by Crippen LogP contribution is -2.58. The van der Waals surface area contributed by atoms with Gasteiger partial charge in [0.25, 0.3) is 0 Å². The largest absolute Gasteiger partial charge is 0.509 e. The van der Waals surface area contributed by atoms with Crippen molar-refractivity contribution in [2.75, 3.05) is 13.2 Å². The summed E-state index contributed by atoms with van der Waals surface area (Å²) in [5, 5.41) is 21.8. The van der Waals surface area contributed by atoms with Crippen molar-refractivity contribution in [1.29, 1.82) is 0 Å². The van der Waals surface area contributed by atoms with Gasteiger partial charge in [0.15, 0.2) is 37.0 Å². The quantitative estimate of drug-likeness (QED) is 0.236. The molecule has 0 bridgehead atoms. The number of hydrogen-bond donors (Lipinski definition) is 2. The molecule has 0 amide bonds. The fraction of sp³-hybridized carbons (Fsp3) is 0.444. The number of carbonyl (C=O) groups excluding carboxylic acids is 2. The van der Waals surface area contributed by atoms with Crippen LogP contribution in [-0.2, 0) is 73.8 Å². The van der Waals surface area contributed by atoms with Crippen molar-refractivity contribution < 1.29 is 67.2 Å². The van der Waals surface area contributed by atoms with Gasteiger partial charge >= 0.3 is 12.3 Å². The molecular weight excluding hydrogens is 656 g/mol. The molecule has 10 atom stereocenters. The zero-order valence-corrected chi connectivity index (χ0v) is 26.9. The van der Waals surface area contributed by atoms with Gasteiger partial charge in [0.2, 0.25) is 0 Å². The highest BCUT2D eigenvalue weighted by Crippen LogP contribution is 2.34. The molecule has 0 unspecified atom stereocenters. The molecule has 2 N–H and O–H groups in total. The highest BCUT2D eigenvalue weighted by molar-refractivity contribution is 5.63. The van der Waals surface area contributed by atoms with Crippen molar-refractivity contribution in [3.8, 4) is 0 Å². The molecule has 7 rings (SSSR count).